The molecule has 1 aliphatic heterocycles. The molecule has 7 heteroatoms. The fourth-order valence-electron chi connectivity index (χ4n) is 4.04. The van der Waals surface area contributed by atoms with Crippen LogP contribution in [0.2, 0.25) is 0 Å². The van der Waals surface area contributed by atoms with E-state index in [1.54, 1.807) is 32.7 Å². The van der Waals surface area contributed by atoms with Crippen LogP contribution in [0.15, 0.2) is 36.4 Å². The van der Waals surface area contributed by atoms with Gasteiger partial charge in [-0.25, -0.2) is 0 Å². The van der Waals surface area contributed by atoms with Gasteiger partial charge in [-0.05, 0) is 17.7 Å². The van der Waals surface area contributed by atoms with Crippen molar-refractivity contribution in [2.45, 2.75) is 18.5 Å². The maximum Gasteiger partial charge on any atom is 0.164 e. The molecule has 3 aromatic rings. The van der Waals surface area contributed by atoms with E-state index in [9.17, 15) is 9.90 Å². The predicted octanol–water partition coefficient (Wildman–Crippen LogP) is 0.521. The zero-order chi connectivity index (χ0) is 19.8. The molecule has 1 aromatic heterocycles. The number of hydrogen-bond acceptors (Lipinski definition) is 5. The predicted molar refractivity (Wildman–Crippen MR) is 101 cm³/mol. The van der Waals surface area contributed by atoms with Gasteiger partial charge in [0.15, 0.2) is 17.5 Å². The number of hydrogen-bond donors (Lipinski definition) is 2. The number of aliphatic carboxylic acids is 1. The third kappa shape index (κ3) is 2.84. The van der Waals surface area contributed by atoms with Crippen molar-refractivity contribution in [3.8, 4) is 17.2 Å². The summed E-state index contributed by atoms with van der Waals surface area (Å²) < 4.78 is 16.4. The van der Waals surface area contributed by atoms with Gasteiger partial charge in [-0.3, -0.25) is 0 Å². The van der Waals surface area contributed by atoms with Gasteiger partial charge in [0.25, 0.3) is 0 Å². The van der Waals surface area contributed by atoms with E-state index >= 15 is 0 Å². The second kappa shape index (κ2) is 7.09. The maximum absolute atomic E-state index is 11.7. The first kappa shape index (κ1) is 18.2. The first-order valence-electron chi connectivity index (χ1n) is 9.02. The van der Waals surface area contributed by atoms with E-state index in [1.165, 1.54) is 0 Å². The second-order valence-corrected chi connectivity index (χ2v) is 6.81. The molecule has 28 heavy (non-hydrogen) atoms. The lowest BCUT2D eigenvalue weighted by atomic mass is 9.89. The van der Waals surface area contributed by atoms with E-state index in [4.69, 9.17) is 14.2 Å². The molecular weight excluding hydrogens is 360 g/mol. The molecule has 3 N–H and O–H groups in total. The Balaban J connectivity index is 1.93. The lowest BCUT2D eigenvalue weighted by Gasteiger charge is -2.30. The fourth-order valence-corrected chi connectivity index (χ4v) is 4.04. The molecular formula is C21H22N2O5. The van der Waals surface area contributed by atoms with Crippen molar-refractivity contribution in [2.75, 3.05) is 21.3 Å². The molecule has 1 aliphatic rings. The van der Waals surface area contributed by atoms with Crippen LogP contribution in [0.5, 0.6) is 17.2 Å². The first-order valence-corrected chi connectivity index (χ1v) is 9.02. The molecule has 0 spiro atoms. The average molecular weight is 382 g/mol. The Morgan fingerprint density at radius 2 is 1.75 bits per heavy atom. The van der Waals surface area contributed by atoms with Crippen LogP contribution in [0, 0.1) is 0 Å². The van der Waals surface area contributed by atoms with Gasteiger partial charge in [-0.15, -0.1) is 0 Å². The van der Waals surface area contributed by atoms with Gasteiger partial charge in [0.2, 0.25) is 0 Å². The third-order valence-electron chi connectivity index (χ3n) is 5.38. The summed E-state index contributed by atoms with van der Waals surface area (Å²) in [5, 5.41) is 14.6. The second-order valence-electron chi connectivity index (χ2n) is 6.81. The lowest BCUT2D eigenvalue weighted by molar-refractivity contribution is -0.717. The number of ether oxygens (including phenoxy) is 3. The average Bonchev–Trinajstić information content (AvgIpc) is 3.10. The van der Waals surface area contributed by atoms with Crippen LogP contribution in [0.3, 0.4) is 0 Å². The van der Waals surface area contributed by atoms with Crippen molar-refractivity contribution in [3.63, 3.8) is 0 Å². The Hall–Kier alpha value is -3.19. The number of para-hydroxylation sites is 1. The molecule has 0 bridgehead atoms. The monoisotopic (exact) mass is 382 g/mol. The molecule has 0 saturated heterocycles. The van der Waals surface area contributed by atoms with E-state index in [0.29, 0.717) is 23.7 Å². The first-order chi connectivity index (χ1) is 13.6. The van der Waals surface area contributed by atoms with Crippen molar-refractivity contribution < 1.29 is 29.4 Å². The molecule has 0 saturated carbocycles. The summed E-state index contributed by atoms with van der Waals surface area (Å²) in [6.07, 6.45) is 0.397. The summed E-state index contributed by atoms with van der Waals surface area (Å²) in [7, 11) is 4.71. The van der Waals surface area contributed by atoms with Crippen molar-refractivity contribution >= 4 is 16.9 Å². The van der Waals surface area contributed by atoms with E-state index in [0.717, 1.165) is 27.7 Å². The van der Waals surface area contributed by atoms with Crippen LogP contribution < -0.4 is 24.6 Å². The number of methoxy groups -OCH3 is 3. The highest BCUT2D eigenvalue weighted by molar-refractivity contribution is 5.86. The number of H-pyrrole nitrogens is 1. The summed E-state index contributed by atoms with van der Waals surface area (Å²) in [4.78, 5) is 15.2. The Bertz CT molecular complexity index is 1040. The molecule has 0 amide bonds. The molecule has 146 valence electrons. The Morgan fingerprint density at radius 1 is 1.07 bits per heavy atom. The molecule has 0 radical (unpaired) electrons. The number of nitrogens with two attached hydrogens (primary N) is 1. The van der Waals surface area contributed by atoms with Gasteiger partial charge in [-0.2, -0.15) is 0 Å². The molecule has 7 nitrogen and oxygen atoms in total. The van der Waals surface area contributed by atoms with Gasteiger partial charge in [0, 0.05) is 23.4 Å². The number of carboxylic acids is 1. The van der Waals surface area contributed by atoms with Crippen molar-refractivity contribution in [1.29, 1.82) is 0 Å². The van der Waals surface area contributed by atoms with E-state index in [-0.39, 0.29) is 6.04 Å². The topological polar surface area (TPSA) is 100 Å². The van der Waals surface area contributed by atoms with Gasteiger partial charge >= 0.3 is 0 Å². The van der Waals surface area contributed by atoms with Gasteiger partial charge in [0.1, 0.15) is 11.8 Å². The number of rotatable bonds is 5. The minimum absolute atomic E-state index is 0.311. The maximum atomic E-state index is 11.7. The number of quaternary nitrogens is 1. The molecule has 4 rings (SSSR count). The highest BCUT2D eigenvalue weighted by Crippen LogP contribution is 2.40. The largest absolute Gasteiger partial charge is 0.544 e. The zero-order valence-electron chi connectivity index (χ0n) is 15.9. The highest BCUT2D eigenvalue weighted by atomic mass is 16.5. The summed E-state index contributed by atoms with van der Waals surface area (Å²) >= 11 is 0. The van der Waals surface area contributed by atoms with Crippen molar-refractivity contribution in [1.82, 2.24) is 4.98 Å². The van der Waals surface area contributed by atoms with Crippen LogP contribution in [0.1, 0.15) is 22.9 Å². The highest BCUT2D eigenvalue weighted by Gasteiger charge is 2.37. The molecule has 0 fully saturated rings. The van der Waals surface area contributed by atoms with Crippen molar-refractivity contribution in [2.24, 2.45) is 0 Å². The van der Waals surface area contributed by atoms with Crippen molar-refractivity contribution in [3.05, 3.63) is 53.2 Å². The minimum atomic E-state index is -1.08. The summed E-state index contributed by atoms with van der Waals surface area (Å²) in [6, 6.07) is 10.5. The zero-order valence-corrected chi connectivity index (χ0v) is 15.9. The SMILES string of the molecule is COc1cc(OC)c([C@H]2[NH2+][C@@H](C(=O)[O-])Cc3c2[nH]c2ccccc32)cc1OC. The third-order valence-corrected chi connectivity index (χ3v) is 5.38. The van der Waals surface area contributed by atoms with E-state index < -0.39 is 12.0 Å². The number of aromatic amines is 1. The number of carbonyl (C=O) groups is 1. The lowest BCUT2D eigenvalue weighted by Crippen LogP contribution is -2.95. The van der Waals surface area contributed by atoms with Crippen LogP contribution in [-0.2, 0) is 11.2 Å². The number of carboxylic acid groups (broad SMARTS) is 1. The molecule has 2 heterocycles. The van der Waals surface area contributed by atoms with Crippen LogP contribution in [0.4, 0.5) is 0 Å². The number of fused-ring (bicyclic) bond motifs is 3. The van der Waals surface area contributed by atoms with Gasteiger partial charge in [-0.1, -0.05) is 18.2 Å². The molecule has 0 unspecified atom stereocenters. The van der Waals surface area contributed by atoms with Crippen LogP contribution >= 0.6 is 0 Å². The standard InChI is InChI=1S/C21H22N2O5/c1-26-16-10-18(28-3)17(27-2)9-13(16)20-19-12(8-15(23-20)21(24)25)11-6-4-5-7-14(11)22-19/h4-7,9-10,15,20,22-23H,8H2,1-3H3,(H,24,25)/t15-,20-/m1/s1. The van der Waals surface area contributed by atoms with E-state index in [1.807, 2.05) is 30.3 Å². The van der Waals surface area contributed by atoms with Crippen LogP contribution in [-0.4, -0.2) is 38.3 Å². The number of aromatic nitrogens is 1. The Morgan fingerprint density at radius 3 is 2.43 bits per heavy atom. The molecule has 0 aliphatic carbocycles. The summed E-state index contributed by atoms with van der Waals surface area (Å²) in [5.74, 6) is 0.620. The summed E-state index contributed by atoms with van der Waals surface area (Å²) in [5.41, 5.74) is 3.74. The minimum Gasteiger partial charge on any atom is -0.544 e. The van der Waals surface area contributed by atoms with Gasteiger partial charge in [0.05, 0.1) is 38.6 Å². The van der Waals surface area contributed by atoms with E-state index in [2.05, 4.69) is 4.98 Å². The Labute approximate surface area is 162 Å². The number of carbonyl (C=O) groups excluding carboxylic acids is 1. The summed E-state index contributed by atoms with van der Waals surface area (Å²) in [6.45, 7) is 0. The number of nitrogens with one attached hydrogen (secondary N) is 1. The smallest absolute Gasteiger partial charge is 0.164 e. The van der Waals surface area contributed by atoms with Gasteiger partial charge < -0.3 is 34.4 Å². The molecule has 2 atom stereocenters. The normalized spacial score (nSPS) is 18.5. The Kier molecular flexibility index (Phi) is 4.60. The number of benzene rings is 2. The quantitative estimate of drug-likeness (QED) is 0.670. The fraction of sp³-hybridized carbons (Fsp3) is 0.286. The van der Waals surface area contributed by atoms with Crippen LogP contribution in [0.25, 0.3) is 10.9 Å². The molecule has 2 aromatic carbocycles.